The zero-order chi connectivity index (χ0) is 14.8. The highest BCUT2D eigenvalue weighted by Gasteiger charge is 2.35. The first kappa shape index (κ1) is 13.9. The van der Waals surface area contributed by atoms with Crippen LogP contribution in [0.3, 0.4) is 0 Å². The molecule has 5 heteroatoms. The minimum Gasteiger partial charge on any atom is -0.365 e. The molecule has 1 unspecified atom stereocenters. The quantitative estimate of drug-likeness (QED) is 0.917. The van der Waals surface area contributed by atoms with E-state index in [1.54, 1.807) is 7.05 Å². The second kappa shape index (κ2) is 5.76. The molecule has 21 heavy (non-hydrogen) atoms. The predicted octanol–water partition coefficient (Wildman–Crippen LogP) is 1.53. The topological polar surface area (TPSA) is 52.7 Å². The monoisotopic (exact) mass is 287 g/mol. The predicted molar refractivity (Wildman–Crippen MR) is 82.5 cm³/mol. The van der Waals surface area contributed by atoms with Gasteiger partial charge < -0.3 is 15.1 Å². The van der Waals surface area contributed by atoms with E-state index in [2.05, 4.69) is 16.3 Å². The van der Waals surface area contributed by atoms with Crippen LogP contribution in [0.2, 0.25) is 0 Å². The molecular weight excluding hydrogens is 266 g/mol. The van der Waals surface area contributed by atoms with Gasteiger partial charge in [0.05, 0.1) is 11.4 Å². The average Bonchev–Trinajstić information content (AvgIpc) is 3.00. The van der Waals surface area contributed by atoms with Gasteiger partial charge in [0.1, 0.15) is 0 Å². The average molecular weight is 287 g/mol. The lowest BCUT2D eigenvalue weighted by atomic mass is 10.1. The highest BCUT2D eigenvalue weighted by Crippen LogP contribution is 2.39. The van der Waals surface area contributed by atoms with Crippen LogP contribution in [0.5, 0.6) is 0 Å². The number of nitrogens with one attached hydrogen (secondary N) is 1. The summed E-state index contributed by atoms with van der Waals surface area (Å²) in [5.74, 6) is -0.0475. The Morgan fingerprint density at radius 2 is 2.00 bits per heavy atom. The summed E-state index contributed by atoms with van der Waals surface area (Å²) < 4.78 is 0. The maximum Gasteiger partial charge on any atom is 0.227 e. The van der Waals surface area contributed by atoms with Crippen molar-refractivity contribution in [1.82, 2.24) is 5.32 Å². The molecule has 0 aromatic heterocycles. The van der Waals surface area contributed by atoms with Crippen LogP contribution in [0.15, 0.2) is 24.3 Å². The molecule has 3 rings (SSSR count). The first-order valence-corrected chi connectivity index (χ1v) is 7.57. The van der Waals surface area contributed by atoms with E-state index in [1.807, 2.05) is 23.1 Å². The van der Waals surface area contributed by atoms with E-state index < -0.39 is 0 Å². The van der Waals surface area contributed by atoms with Gasteiger partial charge in [-0.1, -0.05) is 12.1 Å². The van der Waals surface area contributed by atoms with E-state index in [9.17, 15) is 9.59 Å². The summed E-state index contributed by atoms with van der Waals surface area (Å²) in [7, 11) is 1.60. The molecule has 2 amide bonds. The number of nitrogens with zero attached hydrogens (tertiary/aromatic N) is 2. The summed E-state index contributed by atoms with van der Waals surface area (Å²) in [6.07, 6.45) is 2.83. The number of rotatable bonds is 3. The Morgan fingerprint density at radius 3 is 2.76 bits per heavy atom. The number of hydrogen-bond acceptors (Lipinski definition) is 3. The van der Waals surface area contributed by atoms with Crippen LogP contribution in [0, 0.1) is 0 Å². The second-order valence-corrected chi connectivity index (χ2v) is 5.66. The molecule has 0 saturated carbocycles. The van der Waals surface area contributed by atoms with Crippen LogP contribution in [-0.4, -0.2) is 38.0 Å². The van der Waals surface area contributed by atoms with Crippen molar-refractivity contribution >= 4 is 23.2 Å². The lowest BCUT2D eigenvalue weighted by Gasteiger charge is -2.40. The maximum absolute atomic E-state index is 12.5. The molecule has 0 radical (unpaired) electrons. The van der Waals surface area contributed by atoms with Gasteiger partial charge in [0.15, 0.2) is 0 Å². The molecule has 2 aliphatic heterocycles. The summed E-state index contributed by atoms with van der Waals surface area (Å²) in [6, 6.07) is 8.50. The van der Waals surface area contributed by atoms with E-state index in [4.69, 9.17) is 0 Å². The number of carbonyl (C=O) groups is 2. The van der Waals surface area contributed by atoms with Gasteiger partial charge in [0.25, 0.3) is 0 Å². The standard InChI is InChI=1S/C16H21N3O2/c1-17-15(20)8-9-16(21)19-11-12-5-4-10-18(12)13-6-2-3-7-14(13)19/h2-3,6-7,12H,4-5,8-11H2,1H3,(H,17,20). The molecule has 5 nitrogen and oxygen atoms in total. The van der Waals surface area contributed by atoms with Gasteiger partial charge in [-0.25, -0.2) is 0 Å². The third-order valence-corrected chi connectivity index (χ3v) is 4.40. The van der Waals surface area contributed by atoms with Crippen molar-refractivity contribution in [2.24, 2.45) is 0 Å². The van der Waals surface area contributed by atoms with Crippen LogP contribution >= 0.6 is 0 Å². The van der Waals surface area contributed by atoms with Crippen molar-refractivity contribution in [1.29, 1.82) is 0 Å². The molecule has 112 valence electrons. The largest absolute Gasteiger partial charge is 0.365 e. The zero-order valence-corrected chi connectivity index (χ0v) is 12.3. The molecule has 1 aromatic carbocycles. The van der Waals surface area contributed by atoms with Crippen molar-refractivity contribution in [2.45, 2.75) is 31.7 Å². The lowest BCUT2D eigenvalue weighted by Crippen LogP contribution is -2.48. The van der Waals surface area contributed by atoms with E-state index in [1.165, 1.54) is 6.42 Å². The van der Waals surface area contributed by atoms with Crippen LogP contribution in [0.25, 0.3) is 0 Å². The minimum absolute atomic E-state index is 0.0394. The van der Waals surface area contributed by atoms with Gasteiger partial charge >= 0.3 is 0 Å². The first-order valence-electron chi connectivity index (χ1n) is 7.57. The Balaban J connectivity index is 1.81. The van der Waals surface area contributed by atoms with Gasteiger partial charge in [-0.2, -0.15) is 0 Å². The van der Waals surface area contributed by atoms with Crippen LogP contribution < -0.4 is 15.1 Å². The maximum atomic E-state index is 12.5. The fraction of sp³-hybridized carbons (Fsp3) is 0.500. The summed E-state index contributed by atoms with van der Waals surface area (Å²) in [5, 5.41) is 2.56. The number of hydrogen-bond donors (Lipinski definition) is 1. The van der Waals surface area contributed by atoms with Crippen LogP contribution in [0.4, 0.5) is 11.4 Å². The number of benzene rings is 1. The Bertz CT molecular complexity index is 558. The van der Waals surface area contributed by atoms with Crippen molar-refractivity contribution in [3.05, 3.63) is 24.3 Å². The number of anilines is 2. The van der Waals surface area contributed by atoms with Crippen LogP contribution in [0.1, 0.15) is 25.7 Å². The minimum atomic E-state index is -0.0869. The highest BCUT2D eigenvalue weighted by atomic mass is 16.2. The Morgan fingerprint density at radius 1 is 1.24 bits per heavy atom. The number of carbonyl (C=O) groups excluding carboxylic acids is 2. The highest BCUT2D eigenvalue weighted by molar-refractivity contribution is 5.99. The van der Waals surface area contributed by atoms with Crippen molar-refractivity contribution in [3.8, 4) is 0 Å². The van der Waals surface area contributed by atoms with Gasteiger partial charge in [-0.15, -0.1) is 0 Å². The molecular formula is C16H21N3O2. The number of para-hydroxylation sites is 2. The first-order chi connectivity index (χ1) is 10.2. The molecule has 2 aliphatic rings. The molecule has 0 bridgehead atoms. The number of amides is 2. The number of fused-ring (bicyclic) bond motifs is 3. The summed E-state index contributed by atoms with van der Waals surface area (Å²) >= 11 is 0. The van der Waals surface area contributed by atoms with Gasteiger partial charge in [0, 0.05) is 39.0 Å². The fourth-order valence-corrected chi connectivity index (χ4v) is 3.30. The molecule has 1 N–H and O–H groups in total. The Kier molecular flexibility index (Phi) is 3.82. The fourth-order valence-electron chi connectivity index (χ4n) is 3.30. The van der Waals surface area contributed by atoms with Crippen molar-refractivity contribution < 1.29 is 9.59 Å². The second-order valence-electron chi connectivity index (χ2n) is 5.66. The van der Waals surface area contributed by atoms with Gasteiger partial charge in [-0.3, -0.25) is 9.59 Å². The molecule has 1 fully saturated rings. The van der Waals surface area contributed by atoms with Gasteiger partial charge in [-0.05, 0) is 25.0 Å². The zero-order valence-electron chi connectivity index (χ0n) is 12.3. The SMILES string of the molecule is CNC(=O)CCC(=O)N1CC2CCCN2c2ccccc21. The molecule has 1 atom stereocenters. The smallest absolute Gasteiger partial charge is 0.227 e. The lowest BCUT2D eigenvalue weighted by molar-refractivity contribution is -0.125. The van der Waals surface area contributed by atoms with Crippen molar-refractivity contribution in [2.75, 3.05) is 29.9 Å². The van der Waals surface area contributed by atoms with E-state index in [-0.39, 0.29) is 24.7 Å². The molecule has 1 aromatic rings. The van der Waals surface area contributed by atoms with Crippen LogP contribution in [-0.2, 0) is 9.59 Å². The van der Waals surface area contributed by atoms with E-state index >= 15 is 0 Å². The summed E-state index contributed by atoms with van der Waals surface area (Å²) in [4.78, 5) is 28.1. The van der Waals surface area contributed by atoms with E-state index in [0.717, 1.165) is 30.9 Å². The Hall–Kier alpha value is -2.04. The summed E-state index contributed by atoms with van der Waals surface area (Å²) in [5.41, 5.74) is 2.14. The summed E-state index contributed by atoms with van der Waals surface area (Å²) in [6.45, 7) is 1.81. The third-order valence-electron chi connectivity index (χ3n) is 4.40. The van der Waals surface area contributed by atoms with Crippen molar-refractivity contribution in [3.63, 3.8) is 0 Å². The third kappa shape index (κ3) is 2.60. The normalized spacial score (nSPS) is 20.0. The molecule has 2 heterocycles. The molecule has 1 saturated heterocycles. The molecule has 0 spiro atoms. The van der Waals surface area contributed by atoms with E-state index in [0.29, 0.717) is 6.04 Å². The van der Waals surface area contributed by atoms with Gasteiger partial charge in [0.2, 0.25) is 11.8 Å². The molecule has 0 aliphatic carbocycles. The Labute approximate surface area is 124 Å².